The molecule has 0 saturated carbocycles. The predicted molar refractivity (Wildman–Crippen MR) is 95.4 cm³/mol. The Hall–Kier alpha value is -1.43. The smallest absolute Gasteiger partial charge is 0.244 e. The quantitative estimate of drug-likeness (QED) is 0.695. The standard InChI is InChI=1S/C16H12ClNO2S2/c1-9-3-4-10(7-12(9)17)14-6-5-11(20-14)8-13-15(19)22-16(18-13)21-2/h3-8H,1-2H3. The van der Waals surface area contributed by atoms with E-state index >= 15 is 0 Å². The summed E-state index contributed by atoms with van der Waals surface area (Å²) in [7, 11) is 0. The number of nitrogens with zero attached hydrogens (tertiary/aromatic N) is 1. The maximum Gasteiger partial charge on any atom is 0.244 e. The molecule has 1 aliphatic rings. The zero-order valence-electron chi connectivity index (χ0n) is 11.9. The summed E-state index contributed by atoms with van der Waals surface area (Å²) in [6, 6.07) is 9.45. The maximum atomic E-state index is 11.8. The summed E-state index contributed by atoms with van der Waals surface area (Å²) >= 11 is 8.75. The van der Waals surface area contributed by atoms with Crippen molar-refractivity contribution in [1.82, 2.24) is 0 Å². The lowest BCUT2D eigenvalue weighted by Crippen LogP contribution is -1.86. The van der Waals surface area contributed by atoms with E-state index in [9.17, 15) is 4.79 Å². The van der Waals surface area contributed by atoms with Gasteiger partial charge in [-0.25, -0.2) is 4.99 Å². The number of aliphatic imine (C=N–C) groups is 1. The summed E-state index contributed by atoms with van der Waals surface area (Å²) in [5.41, 5.74) is 2.34. The summed E-state index contributed by atoms with van der Waals surface area (Å²) in [6.07, 6.45) is 3.56. The molecule has 6 heteroatoms. The third kappa shape index (κ3) is 3.16. The topological polar surface area (TPSA) is 42.6 Å². The fourth-order valence-electron chi connectivity index (χ4n) is 1.94. The molecule has 0 bridgehead atoms. The molecule has 0 N–H and O–H groups in total. The number of carbonyl (C=O) groups is 1. The fraction of sp³-hybridized carbons (Fsp3) is 0.125. The van der Waals surface area contributed by atoms with Crippen LogP contribution in [0.2, 0.25) is 5.02 Å². The highest BCUT2D eigenvalue weighted by atomic mass is 35.5. The van der Waals surface area contributed by atoms with E-state index in [1.807, 2.05) is 43.5 Å². The van der Waals surface area contributed by atoms with E-state index in [1.54, 1.807) is 6.08 Å². The van der Waals surface area contributed by atoms with Gasteiger partial charge < -0.3 is 4.42 Å². The molecule has 0 atom stereocenters. The van der Waals surface area contributed by atoms with Crippen LogP contribution in [-0.2, 0) is 4.79 Å². The number of carbonyl (C=O) groups excluding carboxylic acids is 1. The van der Waals surface area contributed by atoms with Crippen LogP contribution in [0.15, 0.2) is 45.4 Å². The van der Waals surface area contributed by atoms with E-state index in [0.29, 0.717) is 22.2 Å². The molecule has 0 spiro atoms. The number of rotatable bonds is 2. The molecule has 1 aliphatic heterocycles. The number of benzene rings is 1. The van der Waals surface area contributed by atoms with E-state index in [1.165, 1.54) is 11.8 Å². The van der Waals surface area contributed by atoms with Gasteiger partial charge in [-0.2, -0.15) is 0 Å². The summed E-state index contributed by atoms with van der Waals surface area (Å²) in [4.78, 5) is 16.1. The van der Waals surface area contributed by atoms with Gasteiger partial charge in [0.05, 0.1) is 0 Å². The van der Waals surface area contributed by atoms with Crippen molar-refractivity contribution in [2.45, 2.75) is 6.92 Å². The van der Waals surface area contributed by atoms with Gasteiger partial charge in [0.15, 0.2) is 0 Å². The molecule has 0 amide bonds. The van der Waals surface area contributed by atoms with Gasteiger partial charge in [-0.3, -0.25) is 4.79 Å². The van der Waals surface area contributed by atoms with Crippen LogP contribution in [0.4, 0.5) is 0 Å². The highest BCUT2D eigenvalue weighted by Crippen LogP contribution is 2.31. The van der Waals surface area contributed by atoms with Crippen LogP contribution in [0.3, 0.4) is 0 Å². The average Bonchev–Trinajstić information content (AvgIpc) is 3.10. The number of furan rings is 1. The highest BCUT2D eigenvalue weighted by Gasteiger charge is 2.21. The Morgan fingerprint density at radius 1 is 1.32 bits per heavy atom. The first-order chi connectivity index (χ1) is 10.6. The van der Waals surface area contributed by atoms with Gasteiger partial charge in [-0.15, -0.1) is 11.8 Å². The van der Waals surface area contributed by atoms with Crippen LogP contribution in [-0.4, -0.2) is 15.7 Å². The van der Waals surface area contributed by atoms with Gasteiger partial charge in [0.1, 0.15) is 21.6 Å². The van der Waals surface area contributed by atoms with Crippen molar-refractivity contribution in [1.29, 1.82) is 0 Å². The van der Waals surface area contributed by atoms with Crippen molar-refractivity contribution >= 4 is 50.7 Å². The van der Waals surface area contributed by atoms with Gasteiger partial charge >= 0.3 is 0 Å². The van der Waals surface area contributed by atoms with Crippen molar-refractivity contribution in [2.24, 2.45) is 4.99 Å². The molecule has 3 rings (SSSR count). The monoisotopic (exact) mass is 349 g/mol. The second kappa shape index (κ2) is 6.36. The van der Waals surface area contributed by atoms with Gasteiger partial charge in [-0.05, 0) is 48.7 Å². The van der Waals surface area contributed by atoms with Crippen LogP contribution < -0.4 is 0 Å². The summed E-state index contributed by atoms with van der Waals surface area (Å²) in [5.74, 6) is 1.31. The molecule has 112 valence electrons. The largest absolute Gasteiger partial charge is 0.457 e. The summed E-state index contributed by atoms with van der Waals surface area (Å²) in [6.45, 7) is 1.95. The normalized spacial score (nSPS) is 16.4. The van der Waals surface area contributed by atoms with E-state index < -0.39 is 0 Å². The van der Waals surface area contributed by atoms with Crippen molar-refractivity contribution in [3.63, 3.8) is 0 Å². The third-order valence-corrected chi connectivity index (χ3v) is 5.40. The van der Waals surface area contributed by atoms with E-state index in [2.05, 4.69) is 4.99 Å². The third-order valence-electron chi connectivity index (χ3n) is 3.14. The maximum absolute atomic E-state index is 11.8. The Kier molecular flexibility index (Phi) is 4.47. The summed E-state index contributed by atoms with van der Waals surface area (Å²) < 4.78 is 6.53. The van der Waals surface area contributed by atoms with Crippen LogP contribution in [0.1, 0.15) is 11.3 Å². The minimum absolute atomic E-state index is 0.0549. The number of hydrogen-bond donors (Lipinski definition) is 0. The SMILES string of the molecule is CSC1=NC(=Cc2ccc(-c3ccc(C)c(Cl)c3)o2)C(=O)S1. The minimum Gasteiger partial charge on any atom is -0.457 e. The van der Waals surface area contributed by atoms with Crippen molar-refractivity contribution in [3.8, 4) is 11.3 Å². The predicted octanol–water partition coefficient (Wildman–Crippen LogP) is 5.24. The van der Waals surface area contributed by atoms with Gasteiger partial charge in [-0.1, -0.05) is 23.7 Å². The average molecular weight is 350 g/mol. The van der Waals surface area contributed by atoms with E-state index in [-0.39, 0.29) is 5.12 Å². The molecule has 2 aromatic rings. The molecular formula is C16H12ClNO2S2. The van der Waals surface area contributed by atoms with Gasteiger partial charge in [0.25, 0.3) is 0 Å². The fourth-order valence-corrected chi connectivity index (χ4v) is 3.39. The number of halogens is 1. The van der Waals surface area contributed by atoms with Crippen molar-refractivity contribution in [3.05, 3.63) is 52.4 Å². The molecule has 2 heterocycles. The first-order valence-electron chi connectivity index (χ1n) is 6.50. The van der Waals surface area contributed by atoms with E-state index in [4.69, 9.17) is 16.0 Å². The minimum atomic E-state index is -0.0549. The molecular weight excluding hydrogens is 338 g/mol. The molecule has 0 fully saturated rings. The summed E-state index contributed by atoms with van der Waals surface area (Å²) in [5, 5.41) is 0.645. The van der Waals surface area contributed by atoms with Crippen molar-refractivity contribution in [2.75, 3.05) is 6.26 Å². The van der Waals surface area contributed by atoms with Crippen LogP contribution >= 0.6 is 35.1 Å². The molecule has 1 aromatic carbocycles. The van der Waals surface area contributed by atoms with E-state index in [0.717, 1.165) is 27.3 Å². The highest BCUT2D eigenvalue weighted by molar-refractivity contribution is 8.45. The molecule has 22 heavy (non-hydrogen) atoms. The molecule has 0 radical (unpaired) electrons. The molecule has 0 unspecified atom stereocenters. The molecule has 3 nitrogen and oxygen atoms in total. The van der Waals surface area contributed by atoms with Crippen molar-refractivity contribution < 1.29 is 9.21 Å². The Balaban J connectivity index is 1.89. The van der Waals surface area contributed by atoms with Crippen LogP contribution in [0.25, 0.3) is 17.4 Å². The first-order valence-corrected chi connectivity index (χ1v) is 8.91. The lowest BCUT2D eigenvalue weighted by molar-refractivity contribution is -0.107. The lowest BCUT2D eigenvalue weighted by atomic mass is 10.1. The second-order valence-corrected chi connectivity index (χ2v) is 7.09. The molecule has 1 aromatic heterocycles. The molecule has 0 saturated heterocycles. The number of hydrogen-bond acceptors (Lipinski definition) is 5. The lowest BCUT2D eigenvalue weighted by Gasteiger charge is -2.00. The Bertz CT molecular complexity index is 808. The Morgan fingerprint density at radius 3 is 2.82 bits per heavy atom. The second-order valence-electron chi connectivity index (χ2n) is 4.67. The number of thioether (sulfide) groups is 2. The Morgan fingerprint density at radius 2 is 2.14 bits per heavy atom. The molecule has 0 aliphatic carbocycles. The Labute approximate surface area is 141 Å². The zero-order chi connectivity index (χ0) is 15.7. The zero-order valence-corrected chi connectivity index (χ0v) is 14.3. The van der Waals surface area contributed by atoms with Gasteiger partial charge in [0.2, 0.25) is 5.12 Å². The van der Waals surface area contributed by atoms with Gasteiger partial charge in [0, 0.05) is 16.7 Å². The van der Waals surface area contributed by atoms with Crippen LogP contribution in [0.5, 0.6) is 0 Å². The number of aryl methyl sites for hydroxylation is 1. The van der Waals surface area contributed by atoms with Crippen LogP contribution in [0, 0.1) is 6.92 Å². The first kappa shape index (κ1) is 15.5.